The van der Waals surface area contributed by atoms with Gasteiger partial charge in [-0.3, -0.25) is 0 Å². The van der Waals surface area contributed by atoms with Crippen LogP contribution in [-0.4, -0.2) is 13.1 Å². The molecule has 0 saturated carbocycles. The van der Waals surface area contributed by atoms with E-state index in [0.717, 1.165) is 25.9 Å². The number of hydrogen-bond donors (Lipinski definition) is 1. The molecule has 0 aromatic heterocycles. The van der Waals surface area contributed by atoms with Gasteiger partial charge in [-0.1, -0.05) is 57.2 Å². The first-order valence-corrected chi connectivity index (χ1v) is 9.20. The average Bonchev–Trinajstić information content (AvgIpc) is 2.58. The summed E-state index contributed by atoms with van der Waals surface area (Å²) in [6, 6.07) is 15.7. The number of aryl methyl sites for hydroxylation is 1. The summed E-state index contributed by atoms with van der Waals surface area (Å²) in [5.41, 5.74) is 13.3. The molecular formula is C22H30N2. The highest BCUT2D eigenvalue weighted by molar-refractivity contribution is 5.62. The summed E-state index contributed by atoms with van der Waals surface area (Å²) in [5, 5.41) is 0. The van der Waals surface area contributed by atoms with Crippen molar-refractivity contribution in [2.45, 2.75) is 52.0 Å². The van der Waals surface area contributed by atoms with Gasteiger partial charge in [0.05, 0.1) is 0 Å². The van der Waals surface area contributed by atoms with Crippen molar-refractivity contribution < 1.29 is 0 Å². The first kappa shape index (κ1) is 17.0. The first-order valence-electron chi connectivity index (χ1n) is 9.20. The quantitative estimate of drug-likeness (QED) is 0.882. The lowest BCUT2D eigenvalue weighted by Crippen LogP contribution is -2.37. The van der Waals surface area contributed by atoms with Crippen LogP contribution in [0.25, 0.3) is 0 Å². The lowest BCUT2D eigenvalue weighted by molar-refractivity contribution is 0.452. The third-order valence-electron chi connectivity index (χ3n) is 5.41. The average molecular weight is 322 g/mol. The summed E-state index contributed by atoms with van der Waals surface area (Å²) >= 11 is 0. The Morgan fingerprint density at radius 3 is 2.50 bits per heavy atom. The number of anilines is 1. The van der Waals surface area contributed by atoms with E-state index in [1.165, 1.54) is 34.4 Å². The number of rotatable bonds is 5. The van der Waals surface area contributed by atoms with Gasteiger partial charge >= 0.3 is 0 Å². The molecule has 24 heavy (non-hydrogen) atoms. The molecule has 0 spiro atoms. The van der Waals surface area contributed by atoms with Crippen LogP contribution in [0.5, 0.6) is 0 Å². The van der Waals surface area contributed by atoms with Crippen LogP contribution in [0.4, 0.5) is 5.69 Å². The summed E-state index contributed by atoms with van der Waals surface area (Å²) in [4.78, 5) is 2.55. The van der Waals surface area contributed by atoms with Crippen LogP contribution in [0.3, 0.4) is 0 Å². The van der Waals surface area contributed by atoms with Gasteiger partial charge in [-0.15, -0.1) is 0 Å². The summed E-state index contributed by atoms with van der Waals surface area (Å²) in [7, 11) is 0. The Bertz CT molecular complexity index is 689. The minimum Gasteiger partial charge on any atom is -0.367 e. The van der Waals surface area contributed by atoms with Gasteiger partial charge in [-0.05, 0) is 59.5 Å². The van der Waals surface area contributed by atoms with Crippen LogP contribution in [-0.2, 0) is 24.8 Å². The highest BCUT2D eigenvalue weighted by atomic mass is 15.1. The van der Waals surface area contributed by atoms with Gasteiger partial charge in [-0.2, -0.15) is 0 Å². The van der Waals surface area contributed by atoms with Crippen molar-refractivity contribution in [3.05, 3.63) is 64.7 Å². The third-order valence-corrected chi connectivity index (χ3v) is 5.41. The monoisotopic (exact) mass is 322 g/mol. The lowest BCUT2D eigenvalue weighted by Gasteiger charge is -2.41. The van der Waals surface area contributed by atoms with E-state index in [4.69, 9.17) is 5.73 Å². The second-order valence-corrected chi connectivity index (χ2v) is 7.57. The van der Waals surface area contributed by atoms with E-state index >= 15 is 0 Å². The van der Waals surface area contributed by atoms with E-state index in [1.54, 1.807) is 0 Å². The van der Waals surface area contributed by atoms with Gasteiger partial charge in [-0.25, -0.2) is 0 Å². The Balaban J connectivity index is 2.03. The fourth-order valence-corrected chi connectivity index (χ4v) is 3.84. The molecular weight excluding hydrogens is 292 g/mol. The van der Waals surface area contributed by atoms with Gasteiger partial charge < -0.3 is 10.6 Å². The van der Waals surface area contributed by atoms with Gasteiger partial charge in [0.1, 0.15) is 0 Å². The maximum absolute atomic E-state index is 5.86. The zero-order valence-electron chi connectivity index (χ0n) is 15.3. The maximum Gasteiger partial charge on any atom is 0.0429 e. The second kappa shape index (κ2) is 6.98. The molecule has 128 valence electrons. The third kappa shape index (κ3) is 3.34. The zero-order chi connectivity index (χ0) is 17.2. The predicted molar refractivity (Wildman–Crippen MR) is 104 cm³/mol. The smallest absolute Gasteiger partial charge is 0.0429 e. The lowest BCUT2D eigenvalue weighted by atomic mass is 9.76. The molecule has 0 unspecified atom stereocenters. The van der Waals surface area contributed by atoms with E-state index in [-0.39, 0.29) is 5.41 Å². The standard InChI is InChI=1S/C22H30N2/c1-4-18-14-20-21(15-19(18)10-12-23)24(13-11-22(20,2)3)16-17-8-6-5-7-9-17/h5-9,14-15H,4,10-13,16,23H2,1-3H3. The van der Waals surface area contributed by atoms with Gasteiger partial charge in [0.25, 0.3) is 0 Å². The summed E-state index contributed by atoms with van der Waals surface area (Å²) < 4.78 is 0. The Labute approximate surface area is 146 Å². The number of nitrogens with two attached hydrogens (primary N) is 1. The zero-order valence-corrected chi connectivity index (χ0v) is 15.3. The van der Waals surface area contributed by atoms with Crippen molar-refractivity contribution in [1.29, 1.82) is 0 Å². The van der Waals surface area contributed by atoms with Crippen LogP contribution in [0, 0.1) is 0 Å². The van der Waals surface area contributed by atoms with Crippen molar-refractivity contribution in [3.8, 4) is 0 Å². The summed E-state index contributed by atoms with van der Waals surface area (Å²) in [5.74, 6) is 0. The fraction of sp³-hybridized carbons (Fsp3) is 0.455. The number of fused-ring (bicyclic) bond motifs is 1. The normalized spacial score (nSPS) is 16.1. The molecule has 0 bridgehead atoms. The minimum atomic E-state index is 0.244. The van der Waals surface area contributed by atoms with Crippen molar-refractivity contribution in [2.24, 2.45) is 5.73 Å². The van der Waals surface area contributed by atoms with Crippen molar-refractivity contribution in [1.82, 2.24) is 0 Å². The molecule has 0 radical (unpaired) electrons. The molecule has 0 aliphatic carbocycles. The highest BCUT2D eigenvalue weighted by Crippen LogP contribution is 2.41. The molecule has 1 aliphatic rings. The van der Waals surface area contributed by atoms with Crippen LogP contribution < -0.4 is 10.6 Å². The number of benzene rings is 2. The minimum absolute atomic E-state index is 0.244. The highest BCUT2D eigenvalue weighted by Gasteiger charge is 2.32. The molecule has 2 aromatic carbocycles. The maximum atomic E-state index is 5.86. The van der Waals surface area contributed by atoms with E-state index < -0.39 is 0 Å². The molecule has 2 nitrogen and oxygen atoms in total. The molecule has 1 heterocycles. The molecule has 0 atom stereocenters. The van der Waals surface area contributed by atoms with E-state index in [0.29, 0.717) is 6.54 Å². The molecule has 0 saturated heterocycles. The first-order chi connectivity index (χ1) is 11.5. The summed E-state index contributed by atoms with van der Waals surface area (Å²) in [6.07, 6.45) is 3.25. The van der Waals surface area contributed by atoms with Gasteiger partial charge in [0.2, 0.25) is 0 Å². The molecule has 2 heteroatoms. The van der Waals surface area contributed by atoms with E-state index in [1.807, 2.05) is 0 Å². The predicted octanol–water partition coefficient (Wildman–Crippen LogP) is 4.44. The SMILES string of the molecule is CCc1cc2c(cc1CCN)N(Cc1ccccc1)CCC2(C)C. The van der Waals surface area contributed by atoms with Crippen LogP contribution in [0.1, 0.15) is 49.4 Å². The van der Waals surface area contributed by atoms with Gasteiger partial charge in [0.15, 0.2) is 0 Å². The van der Waals surface area contributed by atoms with Crippen molar-refractivity contribution in [3.63, 3.8) is 0 Å². The number of nitrogens with zero attached hydrogens (tertiary/aromatic N) is 1. The topological polar surface area (TPSA) is 29.3 Å². The Kier molecular flexibility index (Phi) is 4.96. The van der Waals surface area contributed by atoms with E-state index in [2.05, 4.69) is 68.1 Å². The van der Waals surface area contributed by atoms with Crippen LogP contribution >= 0.6 is 0 Å². The molecule has 0 amide bonds. The van der Waals surface area contributed by atoms with Crippen LogP contribution in [0.15, 0.2) is 42.5 Å². The number of hydrogen-bond acceptors (Lipinski definition) is 2. The van der Waals surface area contributed by atoms with Crippen molar-refractivity contribution in [2.75, 3.05) is 18.0 Å². The summed E-state index contributed by atoms with van der Waals surface area (Å²) in [6.45, 7) is 9.83. The van der Waals surface area contributed by atoms with Crippen molar-refractivity contribution >= 4 is 5.69 Å². The Morgan fingerprint density at radius 1 is 1.08 bits per heavy atom. The Morgan fingerprint density at radius 2 is 1.83 bits per heavy atom. The van der Waals surface area contributed by atoms with E-state index in [9.17, 15) is 0 Å². The molecule has 2 N–H and O–H groups in total. The molecule has 2 aromatic rings. The molecule has 0 fully saturated rings. The fourth-order valence-electron chi connectivity index (χ4n) is 3.84. The molecule has 1 aliphatic heterocycles. The van der Waals surface area contributed by atoms with Crippen LogP contribution in [0.2, 0.25) is 0 Å². The van der Waals surface area contributed by atoms with Gasteiger partial charge in [0, 0.05) is 18.8 Å². The second-order valence-electron chi connectivity index (χ2n) is 7.57. The largest absolute Gasteiger partial charge is 0.367 e. The Hall–Kier alpha value is -1.80. The molecule has 3 rings (SSSR count).